The van der Waals surface area contributed by atoms with Gasteiger partial charge in [0, 0.05) is 37.4 Å². The number of nitrogens with zero attached hydrogens (tertiary/aromatic N) is 3. The van der Waals surface area contributed by atoms with E-state index in [9.17, 15) is 9.59 Å². The Morgan fingerprint density at radius 2 is 1.86 bits per heavy atom. The largest absolute Gasteiger partial charge is 0.339 e. The van der Waals surface area contributed by atoms with E-state index >= 15 is 0 Å². The molecule has 0 saturated carbocycles. The van der Waals surface area contributed by atoms with Gasteiger partial charge in [-0.1, -0.05) is 18.2 Å². The molecule has 2 aromatic rings. The SMILES string of the molecule is N#Cc1cccc(C2CCN(C(=O)c3cccc(N4CCNC4=O)c3)CC2)c1. The van der Waals surface area contributed by atoms with Crippen molar-refractivity contribution in [2.75, 3.05) is 31.1 Å². The van der Waals surface area contributed by atoms with E-state index in [2.05, 4.69) is 17.5 Å². The Bertz CT molecular complexity index is 942. The van der Waals surface area contributed by atoms with Gasteiger partial charge < -0.3 is 10.2 Å². The summed E-state index contributed by atoms with van der Waals surface area (Å²) in [7, 11) is 0. The maximum atomic E-state index is 13.0. The van der Waals surface area contributed by atoms with Gasteiger partial charge in [0.1, 0.15) is 0 Å². The molecule has 2 fully saturated rings. The maximum Gasteiger partial charge on any atom is 0.321 e. The minimum absolute atomic E-state index is 0.00526. The Morgan fingerprint density at radius 3 is 2.57 bits per heavy atom. The summed E-state index contributed by atoms with van der Waals surface area (Å²) < 4.78 is 0. The van der Waals surface area contributed by atoms with Gasteiger partial charge in [-0.2, -0.15) is 5.26 Å². The second-order valence-corrected chi connectivity index (χ2v) is 7.24. The Balaban J connectivity index is 1.43. The molecule has 3 amide bonds. The number of amides is 3. The molecule has 0 bridgehead atoms. The van der Waals surface area contributed by atoms with Gasteiger partial charge in [-0.25, -0.2) is 4.79 Å². The number of anilines is 1. The Labute approximate surface area is 164 Å². The highest BCUT2D eigenvalue weighted by atomic mass is 16.2. The number of hydrogen-bond donors (Lipinski definition) is 1. The quantitative estimate of drug-likeness (QED) is 0.897. The summed E-state index contributed by atoms with van der Waals surface area (Å²) in [5.74, 6) is 0.377. The van der Waals surface area contributed by atoms with Crippen LogP contribution in [0.4, 0.5) is 10.5 Å². The molecule has 2 saturated heterocycles. The number of benzene rings is 2. The predicted molar refractivity (Wildman–Crippen MR) is 106 cm³/mol. The van der Waals surface area contributed by atoms with Crippen molar-refractivity contribution in [2.24, 2.45) is 0 Å². The van der Waals surface area contributed by atoms with Crippen molar-refractivity contribution in [1.82, 2.24) is 10.2 Å². The molecule has 0 aliphatic carbocycles. The molecule has 1 N–H and O–H groups in total. The first-order valence-electron chi connectivity index (χ1n) is 9.60. The van der Waals surface area contributed by atoms with Crippen molar-refractivity contribution in [1.29, 1.82) is 5.26 Å². The fourth-order valence-corrected chi connectivity index (χ4v) is 3.99. The molecule has 6 nitrogen and oxygen atoms in total. The number of nitrogens with one attached hydrogen (secondary N) is 1. The fraction of sp³-hybridized carbons (Fsp3) is 0.318. The number of hydrogen-bond acceptors (Lipinski definition) is 3. The van der Waals surface area contributed by atoms with Gasteiger partial charge in [-0.05, 0) is 54.7 Å². The van der Waals surface area contributed by atoms with Crippen LogP contribution in [0.2, 0.25) is 0 Å². The third kappa shape index (κ3) is 3.56. The monoisotopic (exact) mass is 374 g/mol. The molecular weight excluding hydrogens is 352 g/mol. The zero-order chi connectivity index (χ0) is 19.5. The third-order valence-corrected chi connectivity index (χ3v) is 5.53. The van der Waals surface area contributed by atoms with Crippen LogP contribution < -0.4 is 10.2 Å². The molecule has 6 heteroatoms. The van der Waals surface area contributed by atoms with Crippen molar-refractivity contribution in [3.8, 4) is 6.07 Å². The molecule has 4 rings (SSSR count). The molecule has 2 aromatic carbocycles. The van der Waals surface area contributed by atoms with Crippen LogP contribution in [0.5, 0.6) is 0 Å². The lowest BCUT2D eigenvalue weighted by Crippen LogP contribution is -2.38. The van der Waals surface area contributed by atoms with E-state index in [4.69, 9.17) is 5.26 Å². The first-order valence-corrected chi connectivity index (χ1v) is 9.60. The molecule has 2 aliphatic rings. The highest BCUT2D eigenvalue weighted by molar-refractivity contribution is 5.98. The van der Waals surface area contributed by atoms with Gasteiger partial charge in [0.25, 0.3) is 5.91 Å². The van der Waals surface area contributed by atoms with E-state index in [0.29, 0.717) is 43.2 Å². The molecule has 0 unspecified atom stereocenters. The van der Waals surface area contributed by atoms with Crippen molar-refractivity contribution in [3.63, 3.8) is 0 Å². The smallest absolute Gasteiger partial charge is 0.321 e. The van der Waals surface area contributed by atoms with Gasteiger partial charge in [-0.15, -0.1) is 0 Å². The Hall–Kier alpha value is -3.33. The van der Waals surface area contributed by atoms with Gasteiger partial charge in [0.15, 0.2) is 0 Å². The van der Waals surface area contributed by atoms with Crippen LogP contribution in [0.25, 0.3) is 0 Å². The topological polar surface area (TPSA) is 76.4 Å². The van der Waals surface area contributed by atoms with E-state index in [1.54, 1.807) is 11.0 Å². The molecular formula is C22H22N4O2. The molecule has 2 aliphatic heterocycles. The fourth-order valence-electron chi connectivity index (χ4n) is 3.99. The number of likely N-dealkylation sites (tertiary alicyclic amines) is 1. The van der Waals surface area contributed by atoms with Crippen LogP contribution in [0.1, 0.15) is 40.2 Å². The summed E-state index contributed by atoms with van der Waals surface area (Å²) in [6.45, 7) is 2.62. The van der Waals surface area contributed by atoms with Gasteiger partial charge in [0.2, 0.25) is 0 Å². The summed E-state index contributed by atoms with van der Waals surface area (Å²) in [5.41, 5.74) is 3.22. The van der Waals surface area contributed by atoms with Crippen molar-refractivity contribution >= 4 is 17.6 Å². The van der Waals surface area contributed by atoms with Gasteiger partial charge in [-0.3, -0.25) is 9.69 Å². The highest BCUT2D eigenvalue weighted by Crippen LogP contribution is 2.29. The first-order chi connectivity index (χ1) is 13.7. The second-order valence-electron chi connectivity index (χ2n) is 7.24. The lowest BCUT2D eigenvalue weighted by molar-refractivity contribution is 0.0713. The molecule has 0 radical (unpaired) electrons. The van der Waals surface area contributed by atoms with E-state index < -0.39 is 0 Å². The molecule has 28 heavy (non-hydrogen) atoms. The summed E-state index contributed by atoms with van der Waals surface area (Å²) >= 11 is 0. The number of carbonyl (C=O) groups excluding carboxylic acids is 2. The van der Waals surface area contributed by atoms with Gasteiger partial charge >= 0.3 is 6.03 Å². The molecule has 2 heterocycles. The van der Waals surface area contributed by atoms with Crippen molar-refractivity contribution in [2.45, 2.75) is 18.8 Å². The number of carbonyl (C=O) groups is 2. The van der Waals surface area contributed by atoms with Crippen LogP contribution in [-0.4, -0.2) is 43.0 Å². The number of rotatable bonds is 3. The molecule has 0 atom stereocenters. The normalized spacial score (nSPS) is 17.3. The lowest BCUT2D eigenvalue weighted by Gasteiger charge is -2.32. The minimum Gasteiger partial charge on any atom is -0.339 e. The summed E-state index contributed by atoms with van der Waals surface area (Å²) in [6.07, 6.45) is 1.77. The molecule has 0 aromatic heterocycles. The van der Waals surface area contributed by atoms with E-state index in [1.807, 2.05) is 41.3 Å². The third-order valence-electron chi connectivity index (χ3n) is 5.53. The Kier molecular flexibility index (Phi) is 4.98. The second kappa shape index (κ2) is 7.73. The van der Waals surface area contributed by atoms with Crippen molar-refractivity contribution in [3.05, 3.63) is 65.2 Å². The zero-order valence-corrected chi connectivity index (χ0v) is 15.6. The van der Waals surface area contributed by atoms with Gasteiger partial charge in [0.05, 0.1) is 11.6 Å². The number of urea groups is 1. The Morgan fingerprint density at radius 1 is 1.07 bits per heavy atom. The van der Waals surface area contributed by atoms with Crippen molar-refractivity contribution < 1.29 is 9.59 Å². The molecule has 0 spiro atoms. The lowest BCUT2D eigenvalue weighted by atomic mass is 9.88. The van der Waals surface area contributed by atoms with Crippen LogP contribution in [0, 0.1) is 11.3 Å². The van der Waals surface area contributed by atoms with E-state index in [-0.39, 0.29) is 11.9 Å². The number of piperidine rings is 1. The zero-order valence-electron chi connectivity index (χ0n) is 15.6. The summed E-state index contributed by atoms with van der Waals surface area (Å²) in [4.78, 5) is 28.4. The van der Waals surface area contributed by atoms with Crippen LogP contribution in [0.3, 0.4) is 0 Å². The van der Waals surface area contributed by atoms with Crippen LogP contribution in [-0.2, 0) is 0 Å². The minimum atomic E-state index is -0.120. The first kappa shape index (κ1) is 18.1. The average molecular weight is 374 g/mol. The summed E-state index contributed by atoms with van der Waals surface area (Å²) in [6, 6.07) is 17.1. The standard InChI is InChI=1S/C22H22N4O2/c23-15-16-3-1-4-18(13-16)17-7-10-25(11-8-17)21(27)19-5-2-6-20(14-19)26-12-9-24-22(26)28/h1-6,13-14,17H,7-12H2,(H,24,28). The highest BCUT2D eigenvalue weighted by Gasteiger charge is 2.26. The van der Waals surface area contributed by atoms with Crippen LogP contribution >= 0.6 is 0 Å². The average Bonchev–Trinajstić information content (AvgIpc) is 3.19. The van der Waals surface area contributed by atoms with E-state index in [0.717, 1.165) is 18.5 Å². The molecule has 142 valence electrons. The number of nitriles is 1. The predicted octanol–water partition coefficient (Wildman–Crippen LogP) is 3.11. The summed E-state index contributed by atoms with van der Waals surface area (Å²) in [5, 5.41) is 11.9. The van der Waals surface area contributed by atoms with E-state index in [1.165, 1.54) is 5.56 Å². The maximum absolute atomic E-state index is 13.0. The van der Waals surface area contributed by atoms with Crippen LogP contribution in [0.15, 0.2) is 48.5 Å².